The number of fused-ring (bicyclic) bond motifs is 2. The van der Waals surface area contributed by atoms with Crippen LogP contribution in [-0.2, 0) is 22.4 Å². The van der Waals surface area contributed by atoms with Crippen LogP contribution in [0.25, 0.3) is 11.0 Å². The van der Waals surface area contributed by atoms with E-state index in [9.17, 15) is 14.4 Å². The minimum absolute atomic E-state index is 0.382. The van der Waals surface area contributed by atoms with Gasteiger partial charge in [-0.15, -0.1) is 11.3 Å². The number of anilines is 1. The first-order chi connectivity index (χ1) is 15.3. The topological polar surface area (TPSA) is 94.8 Å². The number of hydrogen-bond donors (Lipinski definition) is 1. The molecule has 0 aliphatic heterocycles. The van der Waals surface area contributed by atoms with Crippen LogP contribution in [0.3, 0.4) is 0 Å². The molecule has 1 N–H and O–H groups in total. The lowest BCUT2D eigenvalue weighted by Gasteiger charge is -2.18. The molecule has 0 bridgehead atoms. The minimum Gasteiger partial charge on any atom is -0.481 e. The molecule has 2 atom stereocenters. The molecule has 32 heavy (non-hydrogen) atoms. The Bertz CT molecular complexity index is 1260. The van der Waals surface area contributed by atoms with Gasteiger partial charge in [-0.3, -0.25) is 4.79 Å². The van der Waals surface area contributed by atoms with E-state index in [1.54, 1.807) is 25.1 Å². The van der Waals surface area contributed by atoms with Crippen LogP contribution >= 0.6 is 11.3 Å². The van der Waals surface area contributed by atoms with E-state index in [1.165, 1.54) is 24.5 Å². The summed E-state index contributed by atoms with van der Waals surface area (Å²) in [5.74, 6) is 0.115. The molecule has 2 heterocycles. The summed E-state index contributed by atoms with van der Waals surface area (Å²) in [4.78, 5) is 38.1. The van der Waals surface area contributed by atoms with Gasteiger partial charge in [0.2, 0.25) is 0 Å². The number of aryl methyl sites for hydroxylation is 1. The third-order valence-electron chi connectivity index (χ3n) is 5.74. The number of benzene rings is 1. The van der Waals surface area contributed by atoms with Crippen molar-refractivity contribution in [3.63, 3.8) is 0 Å². The first kappa shape index (κ1) is 22.1. The zero-order chi connectivity index (χ0) is 23.0. The van der Waals surface area contributed by atoms with Crippen molar-refractivity contribution in [1.82, 2.24) is 0 Å². The summed E-state index contributed by atoms with van der Waals surface area (Å²) in [5, 5.41) is 4.15. The highest BCUT2D eigenvalue weighted by Gasteiger charge is 2.29. The molecule has 0 fully saturated rings. The predicted molar refractivity (Wildman–Crippen MR) is 123 cm³/mol. The van der Waals surface area contributed by atoms with E-state index in [0.29, 0.717) is 27.8 Å². The first-order valence-electron chi connectivity index (χ1n) is 10.5. The number of rotatable bonds is 5. The number of hydrogen-bond acceptors (Lipinski definition) is 7. The Balaban J connectivity index is 1.55. The van der Waals surface area contributed by atoms with Gasteiger partial charge in [0.25, 0.3) is 5.91 Å². The molecule has 0 saturated carbocycles. The van der Waals surface area contributed by atoms with Gasteiger partial charge in [-0.25, -0.2) is 9.59 Å². The van der Waals surface area contributed by atoms with E-state index in [-0.39, 0.29) is 5.91 Å². The summed E-state index contributed by atoms with van der Waals surface area (Å²) >= 11 is 1.43. The molecule has 3 aromatic rings. The summed E-state index contributed by atoms with van der Waals surface area (Å²) in [7, 11) is 1.34. The van der Waals surface area contributed by atoms with Crippen molar-refractivity contribution < 1.29 is 23.5 Å². The first-order valence-corrected chi connectivity index (χ1v) is 11.3. The fraction of sp³-hybridized carbons (Fsp3) is 0.375. The molecule has 2 unspecified atom stereocenters. The molecule has 2 aromatic heterocycles. The van der Waals surface area contributed by atoms with Crippen LogP contribution < -0.4 is 15.7 Å². The molecule has 4 rings (SSSR count). The van der Waals surface area contributed by atoms with E-state index in [0.717, 1.165) is 40.7 Å². The van der Waals surface area contributed by atoms with Crippen molar-refractivity contribution in [2.24, 2.45) is 5.92 Å². The number of thiophene rings is 1. The maximum absolute atomic E-state index is 12.9. The summed E-state index contributed by atoms with van der Waals surface area (Å²) in [6.07, 6.45) is 1.83. The SMILES string of the molecule is COC(=O)c1c(NC(=O)C(C)Oc2ccc3c(C)cc(=O)oc3c2)sc2c1CCC(C)C2. The number of methoxy groups -OCH3 is 1. The molecule has 0 radical (unpaired) electrons. The highest BCUT2D eigenvalue weighted by molar-refractivity contribution is 7.17. The lowest BCUT2D eigenvalue weighted by Crippen LogP contribution is -2.30. The minimum atomic E-state index is -0.840. The molecule has 7 nitrogen and oxygen atoms in total. The van der Waals surface area contributed by atoms with Crippen LogP contribution in [0.1, 0.15) is 46.6 Å². The van der Waals surface area contributed by atoms with Crippen LogP contribution in [0, 0.1) is 12.8 Å². The number of carbonyl (C=O) groups excluding carboxylic acids is 2. The molecule has 168 valence electrons. The third kappa shape index (κ3) is 4.27. The van der Waals surface area contributed by atoms with Gasteiger partial charge < -0.3 is 19.2 Å². The lowest BCUT2D eigenvalue weighted by atomic mass is 9.88. The summed E-state index contributed by atoms with van der Waals surface area (Å²) in [6.45, 7) is 5.64. The highest BCUT2D eigenvalue weighted by atomic mass is 32.1. The van der Waals surface area contributed by atoms with Crippen molar-refractivity contribution in [3.05, 3.63) is 56.3 Å². The van der Waals surface area contributed by atoms with Gasteiger partial charge in [0.05, 0.1) is 12.7 Å². The van der Waals surface area contributed by atoms with Crippen molar-refractivity contribution >= 4 is 39.2 Å². The number of amides is 1. The van der Waals surface area contributed by atoms with Gasteiger partial charge in [-0.1, -0.05) is 6.92 Å². The maximum Gasteiger partial charge on any atom is 0.341 e. The van der Waals surface area contributed by atoms with Gasteiger partial charge >= 0.3 is 11.6 Å². The Morgan fingerprint density at radius 1 is 1.28 bits per heavy atom. The summed E-state index contributed by atoms with van der Waals surface area (Å²) in [5.41, 5.74) is 2.18. The van der Waals surface area contributed by atoms with Crippen molar-refractivity contribution in [2.75, 3.05) is 12.4 Å². The zero-order valence-corrected chi connectivity index (χ0v) is 19.3. The fourth-order valence-corrected chi connectivity index (χ4v) is 5.41. The third-order valence-corrected chi connectivity index (χ3v) is 6.91. The molecule has 1 amide bonds. The Morgan fingerprint density at radius 3 is 2.81 bits per heavy atom. The Labute approximate surface area is 189 Å². The van der Waals surface area contributed by atoms with Crippen molar-refractivity contribution in [1.29, 1.82) is 0 Å². The standard InChI is InChI=1S/C24H25NO6S/c1-12-5-7-17-19(9-12)32-23(21(17)24(28)29-4)25-22(27)14(3)30-15-6-8-16-13(2)10-20(26)31-18(16)11-15/h6,8,10-12,14H,5,7,9H2,1-4H3,(H,25,27). The molecule has 0 saturated heterocycles. The molecule has 8 heteroatoms. The van der Waals surface area contributed by atoms with Crippen LogP contribution in [0.5, 0.6) is 5.75 Å². The second-order valence-corrected chi connectivity index (χ2v) is 9.31. The normalized spacial score (nSPS) is 16.3. The second kappa shape index (κ2) is 8.78. The van der Waals surface area contributed by atoms with Crippen LogP contribution in [0.2, 0.25) is 0 Å². The number of nitrogens with one attached hydrogen (secondary N) is 1. The number of esters is 1. The van der Waals surface area contributed by atoms with E-state index in [2.05, 4.69) is 12.2 Å². The van der Waals surface area contributed by atoms with Crippen LogP contribution in [-0.4, -0.2) is 25.1 Å². The average molecular weight is 456 g/mol. The summed E-state index contributed by atoms with van der Waals surface area (Å²) < 4.78 is 16.0. The summed E-state index contributed by atoms with van der Waals surface area (Å²) in [6, 6.07) is 6.54. The predicted octanol–water partition coefficient (Wildman–Crippen LogP) is 4.48. The Morgan fingerprint density at radius 2 is 2.06 bits per heavy atom. The van der Waals surface area contributed by atoms with Gasteiger partial charge in [-0.05, 0) is 62.3 Å². The number of carbonyl (C=O) groups is 2. The van der Waals surface area contributed by atoms with E-state index < -0.39 is 17.7 Å². The van der Waals surface area contributed by atoms with Crippen molar-refractivity contribution in [2.45, 2.75) is 46.1 Å². The molecular weight excluding hydrogens is 430 g/mol. The largest absolute Gasteiger partial charge is 0.481 e. The Kier molecular flexibility index (Phi) is 6.06. The van der Waals surface area contributed by atoms with E-state index in [1.807, 2.05) is 6.92 Å². The van der Waals surface area contributed by atoms with Crippen LogP contribution in [0.15, 0.2) is 33.5 Å². The van der Waals surface area contributed by atoms with E-state index in [4.69, 9.17) is 13.9 Å². The van der Waals surface area contributed by atoms with Gasteiger partial charge in [0.1, 0.15) is 16.3 Å². The molecule has 1 aromatic carbocycles. The quantitative estimate of drug-likeness (QED) is 0.450. The smallest absolute Gasteiger partial charge is 0.341 e. The van der Waals surface area contributed by atoms with Crippen molar-refractivity contribution in [3.8, 4) is 5.75 Å². The molecule has 1 aliphatic carbocycles. The second-order valence-electron chi connectivity index (χ2n) is 8.20. The van der Waals surface area contributed by atoms with Gasteiger partial charge in [0.15, 0.2) is 6.10 Å². The molecule has 0 spiro atoms. The zero-order valence-electron chi connectivity index (χ0n) is 18.4. The molecule has 1 aliphatic rings. The fourth-order valence-electron chi connectivity index (χ4n) is 4.01. The monoisotopic (exact) mass is 455 g/mol. The maximum atomic E-state index is 12.9. The Hall–Kier alpha value is -3.13. The highest BCUT2D eigenvalue weighted by Crippen LogP contribution is 2.40. The van der Waals surface area contributed by atoms with E-state index >= 15 is 0 Å². The van der Waals surface area contributed by atoms with Gasteiger partial charge in [0, 0.05) is 22.4 Å². The lowest BCUT2D eigenvalue weighted by molar-refractivity contribution is -0.122. The van der Waals surface area contributed by atoms with Crippen LogP contribution in [0.4, 0.5) is 5.00 Å². The van der Waals surface area contributed by atoms with Gasteiger partial charge in [-0.2, -0.15) is 0 Å². The molecular formula is C24H25NO6S. The number of ether oxygens (including phenoxy) is 2. The average Bonchev–Trinajstić information content (AvgIpc) is 3.09.